The van der Waals surface area contributed by atoms with Crippen molar-refractivity contribution in [2.75, 3.05) is 26.1 Å². The van der Waals surface area contributed by atoms with Crippen LogP contribution in [-0.4, -0.2) is 36.9 Å². The molecule has 1 heterocycles. The highest BCUT2D eigenvalue weighted by molar-refractivity contribution is 5.93. The molecule has 0 unspecified atom stereocenters. The smallest absolute Gasteiger partial charge is 0.232 e. The van der Waals surface area contributed by atoms with Crippen molar-refractivity contribution in [1.82, 2.24) is 10.1 Å². The lowest BCUT2D eigenvalue weighted by Gasteiger charge is -2.08. The molecular weight excluding hydrogens is 274 g/mol. The molecule has 7 heteroatoms. The summed E-state index contributed by atoms with van der Waals surface area (Å²) >= 11 is 0. The Balaban J connectivity index is 1.93. The summed E-state index contributed by atoms with van der Waals surface area (Å²) in [5.74, 6) is 1.16. The minimum Gasteiger partial charge on any atom is -0.495 e. The first kappa shape index (κ1) is 15.0. The molecule has 0 bridgehead atoms. The average Bonchev–Trinajstić information content (AvgIpc) is 2.93. The van der Waals surface area contributed by atoms with Crippen LogP contribution < -0.4 is 10.1 Å². The first-order chi connectivity index (χ1) is 10.2. The van der Waals surface area contributed by atoms with E-state index in [9.17, 15) is 4.79 Å². The first-order valence-corrected chi connectivity index (χ1v) is 6.46. The highest BCUT2D eigenvalue weighted by atomic mass is 16.5. The van der Waals surface area contributed by atoms with Crippen LogP contribution in [0.3, 0.4) is 0 Å². The van der Waals surface area contributed by atoms with Crippen LogP contribution in [0.1, 0.15) is 11.7 Å². The number of anilines is 1. The maximum atomic E-state index is 12.0. The van der Waals surface area contributed by atoms with Gasteiger partial charge in [0.15, 0.2) is 5.82 Å². The molecule has 2 rings (SSSR count). The lowest BCUT2D eigenvalue weighted by molar-refractivity contribution is -0.115. The van der Waals surface area contributed by atoms with Gasteiger partial charge in [0.2, 0.25) is 11.8 Å². The van der Waals surface area contributed by atoms with Gasteiger partial charge in [-0.2, -0.15) is 4.98 Å². The van der Waals surface area contributed by atoms with Crippen LogP contribution in [0, 0.1) is 0 Å². The second-order valence-electron chi connectivity index (χ2n) is 4.27. The van der Waals surface area contributed by atoms with E-state index >= 15 is 0 Å². The van der Waals surface area contributed by atoms with Gasteiger partial charge >= 0.3 is 0 Å². The molecule has 1 amide bonds. The second-order valence-corrected chi connectivity index (χ2v) is 4.27. The number of amides is 1. The maximum Gasteiger partial charge on any atom is 0.232 e. The molecule has 1 N–H and O–H groups in total. The van der Waals surface area contributed by atoms with Gasteiger partial charge in [-0.15, -0.1) is 0 Å². The quantitative estimate of drug-likeness (QED) is 0.831. The highest BCUT2D eigenvalue weighted by Crippen LogP contribution is 2.22. The average molecular weight is 291 g/mol. The molecule has 0 atom stereocenters. The number of para-hydroxylation sites is 2. The van der Waals surface area contributed by atoms with Gasteiger partial charge in [-0.25, -0.2) is 0 Å². The predicted molar refractivity (Wildman–Crippen MR) is 75.2 cm³/mol. The Morgan fingerprint density at radius 3 is 2.90 bits per heavy atom. The standard InChI is InChI=1S/C14H17N3O4/c1-19-8-7-14-16-12(17-21-14)9-13(18)15-10-5-3-4-6-11(10)20-2/h3-6H,7-9H2,1-2H3,(H,15,18). The lowest BCUT2D eigenvalue weighted by atomic mass is 10.2. The summed E-state index contributed by atoms with van der Waals surface area (Å²) in [6, 6.07) is 7.18. The van der Waals surface area contributed by atoms with Gasteiger partial charge in [0.05, 0.1) is 32.2 Å². The zero-order valence-electron chi connectivity index (χ0n) is 12.0. The van der Waals surface area contributed by atoms with Crippen LogP contribution in [-0.2, 0) is 22.4 Å². The zero-order chi connectivity index (χ0) is 15.1. The molecule has 1 aromatic carbocycles. The van der Waals surface area contributed by atoms with Crippen LogP contribution in [0.15, 0.2) is 28.8 Å². The summed E-state index contributed by atoms with van der Waals surface area (Å²) < 4.78 is 15.1. The number of hydrogen-bond donors (Lipinski definition) is 1. The fourth-order valence-corrected chi connectivity index (χ4v) is 1.74. The monoisotopic (exact) mass is 291 g/mol. The Hall–Kier alpha value is -2.41. The number of nitrogens with zero attached hydrogens (tertiary/aromatic N) is 2. The van der Waals surface area contributed by atoms with Crippen molar-refractivity contribution in [3.05, 3.63) is 36.0 Å². The Morgan fingerprint density at radius 1 is 1.33 bits per heavy atom. The van der Waals surface area contributed by atoms with E-state index in [1.165, 1.54) is 0 Å². The third-order valence-electron chi connectivity index (χ3n) is 2.73. The van der Waals surface area contributed by atoms with E-state index in [4.69, 9.17) is 14.0 Å². The van der Waals surface area contributed by atoms with Gasteiger partial charge in [-0.1, -0.05) is 17.3 Å². The molecule has 0 radical (unpaired) electrons. The summed E-state index contributed by atoms with van der Waals surface area (Å²) in [6.07, 6.45) is 0.562. The second kappa shape index (κ2) is 7.39. The fourth-order valence-electron chi connectivity index (χ4n) is 1.74. The van der Waals surface area contributed by atoms with Crippen LogP contribution in [0.2, 0.25) is 0 Å². The molecule has 112 valence electrons. The fraction of sp³-hybridized carbons (Fsp3) is 0.357. The normalized spacial score (nSPS) is 10.4. The van der Waals surface area contributed by atoms with Crippen molar-refractivity contribution < 1.29 is 18.8 Å². The van der Waals surface area contributed by atoms with E-state index in [1.54, 1.807) is 26.4 Å². The lowest BCUT2D eigenvalue weighted by Crippen LogP contribution is -2.15. The van der Waals surface area contributed by atoms with Crippen molar-refractivity contribution >= 4 is 11.6 Å². The number of aromatic nitrogens is 2. The molecule has 0 spiro atoms. The van der Waals surface area contributed by atoms with Crippen molar-refractivity contribution in [3.8, 4) is 5.75 Å². The van der Waals surface area contributed by atoms with Gasteiger partial charge in [0, 0.05) is 7.11 Å². The molecule has 0 aliphatic rings. The number of methoxy groups -OCH3 is 2. The van der Waals surface area contributed by atoms with Gasteiger partial charge in [0.1, 0.15) is 5.75 Å². The molecule has 0 aliphatic carbocycles. The number of carbonyl (C=O) groups excluding carboxylic acids is 1. The predicted octanol–water partition coefficient (Wildman–Crippen LogP) is 1.45. The Morgan fingerprint density at radius 2 is 2.14 bits per heavy atom. The molecule has 21 heavy (non-hydrogen) atoms. The van der Waals surface area contributed by atoms with Gasteiger partial charge in [0.25, 0.3) is 0 Å². The van der Waals surface area contributed by atoms with E-state index in [2.05, 4.69) is 15.5 Å². The summed E-state index contributed by atoms with van der Waals surface area (Å²) in [5.41, 5.74) is 0.605. The van der Waals surface area contributed by atoms with Crippen LogP contribution in [0.4, 0.5) is 5.69 Å². The van der Waals surface area contributed by atoms with Crippen molar-refractivity contribution in [2.24, 2.45) is 0 Å². The number of carbonyl (C=O) groups is 1. The summed E-state index contributed by atoms with van der Waals surface area (Å²) in [7, 11) is 3.14. The van der Waals surface area contributed by atoms with Crippen molar-refractivity contribution in [2.45, 2.75) is 12.8 Å². The SMILES string of the molecule is COCCc1nc(CC(=O)Nc2ccccc2OC)no1. The maximum absolute atomic E-state index is 12.0. The van der Waals surface area contributed by atoms with E-state index in [0.717, 1.165) is 0 Å². The van der Waals surface area contributed by atoms with E-state index in [1.807, 2.05) is 12.1 Å². The third-order valence-corrected chi connectivity index (χ3v) is 2.73. The minimum absolute atomic E-state index is 0.0362. The Bertz CT molecular complexity index is 597. The number of nitrogens with one attached hydrogen (secondary N) is 1. The summed E-state index contributed by atoms with van der Waals surface area (Å²) in [6.45, 7) is 0.495. The number of ether oxygens (including phenoxy) is 2. The third kappa shape index (κ3) is 4.28. The van der Waals surface area contributed by atoms with Gasteiger partial charge in [-0.3, -0.25) is 4.79 Å². The Kier molecular flexibility index (Phi) is 5.28. The molecule has 2 aromatic rings. The van der Waals surface area contributed by atoms with E-state index < -0.39 is 0 Å². The zero-order valence-corrected chi connectivity index (χ0v) is 12.0. The van der Waals surface area contributed by atoms with Gasteiger partial charge in [-0.05, 0) is 12.1 Å². The van der Waals surface area contributed by atoms with Crippen LogP contribution in [0.5, 0.6) is 5.75 Å². The van der Waals surface area contributed by atoms with E-state index in [-0.39, 0.29) is 12.3 Å². The molecule has 0 fully saturated rings. The van der Waals surface area contributed by atoms with Crippen LogP contribution in [0.25, 0.3) is 0 Å². The van der Waals surface area contributed by atoms with Gasteiger partial charge < -0.3 is 19.3 Å². The van der Waals surface area contributed by atoms with Crippen molar-refractivity contribution in [3.63, 3.8) is 0 Å². The number of rotatable bonds is 7. The molecule has 0 saturated carbocycles. The Labute approximate surface area is 122 Å². The molecule has 1 aromatic heterocycles. The first-order valence-electron chi connectivity index (χ1n) is 6.46. The molecule has 7 nitrogen and oxygen atoms in total. The largest absolute Gasteiger partial charge is 0.495 e. The van der Waals surface area contributed by atoms with E-state index in [0.29, 0.717) is 36.2 Å². The van der Waals surface area contributed by atoms with Crippen LogP contribution >= 0.6 is 0 Å². The molecular formula is C14H17N3O4. The summed E-state index contributed by atoms with van der Waals surface area (Å²) in [5, 5.41) is 6.51. The molecule has 0 saturated heterocycles. The summed E-state index contributed by atoms with van der Waals surface area (Å²) in [4.78, 5) is 16.1. The number of hydrogen-bond acceptors (Lipinski definition) is 6. The minimum atomic E-state index is -0.237. The highest BCUT2D eigenvalue weighted by Gasteiger charge is 2.12. The number of benzene rings is 1. The molecule has 0 aliphatic heterocycles. The van der Waals surface area contributed by atoms with Crippen molar-refractivity contribution in [1.29, 1.82) is 0 Å². The topological polar surface area (TPSA) is 86.5 Å².